The van der Waals surface area contributed by atoms with E-state index in [-0.39, 0.29) is 12.5 Å². The molecular weight excluding hydrogens is 203 g/mol. The topological polar surface area (TPSA) is 38.7 Å². The van der Waals surface area contributed by atoms with E-state index < -0.39 is 6.10 Å². The number of alkyl halides is 2. The van der Waals surface area contributed by atoms with Crippen molar-refractivity contribution in [2.24, 2.45) is 0 Å². The lowest BCUT2D eigenvalue weighted by Crippen LogP contribution is -2.18. The van der Waals surface area contributed by atoms with E-state index in [2.05, 4.69) is 0 Å². The predicted octanol–water partition coefficient (Wildman–Crippen LogP) is 0.858. The first-order valence-electron chi connectivity index (χ1n) is 3.76. The lowest BCUT2D eigenvalue weighted by molar-refractivity contribution is 0.0134. The molecule has 3 nitrogen and oxygen atoms in total. The van der Waals surface area contributed by atoms with E-state index in [1.54, 1.807) is 0 Å². The van der Waals surface area contributed by atoms with E-state index in [9.17, 15) is 0 Å². The van der Waals surface area contributed by atoms with Crippen LogP contribution in [0.2, 0.25) is 0 Å². The van der Waals surface area contributed by atoms with Gasteiger partial charge in [-0.25, -0.2) is 0 Å². The molecule has 0 amide bonds. The van der Waals surface area contributed by atoms with Gasteiger partial charge in [-0.3, -0.25) is 0 Å². The summed E-state index contributed by atoms with van der Waals surface area (Å²) in [6, 6.07) is 0. The molecule has 0 aromatic heterocycles. The maximum Gasteiger partial charge on any atom is 0.0908 e. The maximum atomic E-state index is 8.94. The largest absolute Gasteiger partial charge is 0.389 e. The summed E-state index contributed by atoms with van der Waals surface area (Å²) in [6.07, 6.45) is -0.584. The zero-order chi connectivity index (χ0) is 9.23. The molecule has 0 fully saturated rings. The van der Waals surface area contributed by atoms with Gasteiger partial charge in [0.1, 0.15) is 0 Å². The molecule has 0 rings (SSSR count). The van der Waals surface area contributed by atoms with Gasteiger partial charge in [0.25, 0.3) is 0 Å². The highest BCUT2D eigenvalue weighted by Crippen LogP contribution is 1.89. The Balaban J connectivity index is 2.90. The molecule has 5 heteroatoms. The molecule has 0 aromatic carbocycles. The zero-order valence-corrected chi connectivity index (χ0v) is 8.35. The van der Waals surface area contributed by atoms with Crippen molar-refractivity contribution in [1.29, 1.82) is 0 Å². The monoisotopic (exact) mass is 216 g/mol. The van der Waals surface area contributed by atoms with E-state index in [1.165, 1.54) is 0 Å². The fourth-order valence-corrected chi connectivity index (χ4v) is 0.737. The van der Waals surface area contributed by atoms with Crippen molar-refractivity contribution in [2.75, 3.05) is 38.2 Å². The number of aliphatic hydroxyl groups is 1. The molecule has 0 bridgehead atoms. The Hall–Kier alpha value is 0.460. The number of ether oxygens (including phenoxy) is 2. The maximum absolute atomic E-state index is 8.94. The van der Waals surface area contributed by atoms with Gasteiger partial charge in [0.05, 0.1) is 38.4 Å². The summed E-state index contributed by atoms with van der Waals surface area (Å²) in [7, 11) is 0. The van der Waals surface area contributed by atoms with Crippen LogP contribution in [0.25, 0.3) is 0 Å². The van der Waals surface area contributed by atoms with Gasteiger partial charge in [0.2, 0.25) is 0 Å². The summed E-state index contributed by atoms with van der Waals surface area (Å²) in [5, 5.41) is 8.94. The number of aliphatic hydroxyl groups excluding tert-OH is 1. The van der Waals surface area contributed by atoms with E-state index in [1.807, 2.05) is 0 Å². The Morgan fingerprint density at radius 3 is 2.33 bits per heavy atom. The van der Waals surface area contributed by atoms with Gasteiger partial charge >= 0.3 is 0 Å². The van der Waals surface area contributed by atoms with Crippen LogP contribution in [0.3, 0.4) is 0 Å². The first-order valence-corrected chi connectivity index (χ1v) is 4.83. The van der Waals surface area contributed by atoms with Crippen LogP contribution in [0.4, 0.5) is 0 Å². The smallest absolute Gasteiger partial charge is 0.0908 e. The van der Waals surface area contributed by atoms with Crippen LogP contribution < -0.4 is 0 Å². The molecule has 74 valence electrons. The van der Waals surface area contributed by atoms with E-state index in [4.69, 9.17) is 37.8 Å². The van der Waals surface area contributed by atoms with Gasteiger partial charge in [0, 0.05) is 5.88 Å². The molecule has 0 aromatic rings. The summed E-state index contributed by atoms with van der Waals surface area (Å²) in [6.45, 7) is 1.75. The normalized spacial score (nSPS) is 13.2. The van der Waals surface area contributed by atoms with Crippen molar-refractivity contribution < 1.29 is 14.6 Å². The predicted molar refractivity (Wildman–Crippen MR) is 49.1 cm³/mol. The second-order valence-electron chi connectivity index (χ2n) is 2.18. The van der Waals surface area contributed by atoms with Crippen LogP contribution in [0.1, 0.15) is 0 Å². The molecule has 0 saturated heterocycles. The van der Waals surface area contributed by atoms with E-state index >= 15 is 0 Å². The molecule has 1 atom stereocenters. The van der Waals surface area contributed by atoms with E-state index in [0.717, 1.165) is 0 Å². The zero-order valence-electron chi connectivity index (χ0n) is 6.84. The molecule has 0 aliphatic carbocycles. The summed E-state index contributed by atoms with van der Waals surface area (Å²) in [5.74, 6) is 0.687. The van der Waals surface area contributed by atoms with Crippen LogP contribution in [0.15, 0.2) is 0 Å². The highest BCUT2D eigenvalue weighted by molar-refractivity contribution is 6.18. The Labute approximate surface area is 82.6 Å². The Morgan fingerprint density at radius 2 is 1.75 bits per heavy atom. The SMILES string of the molecule is OC(CCl)COCCOCCCl. The second-order valence-corrected chi connectivity index (χ2v) is 2.87. The average molecular weight is 217 g/mol. The standard InChI is InChI=1S/C7H14Cl2O3/c8-1-2-11-3-4-12-6-7(10)5-9/h7,10H,1-6H2. The van der Waals surface area contributed by atoms with Crippen molar-refractivity contribution in [1.82, 2.24) is 0 Å². The number of halogens is 2. The molecule has 0 saturated carbocycles. The van der Waals surface area contributed by atoms with Gasteiger partial charge in [-0.15, -0.1) is 23.2 Å². The second kappa shape index (κ2) is 9.55. The summed E-state index contributed by atoms with van der Waals surface area (Å²) < 4.78 is 10.1. The Morgan fingerprint density at radius 1 is 1.08 bits per heavy atom. The highest BCUT2D eigenvalue weighted by Gasteiger charge is 2.00. The summed E-state index contributed by atoms with van der Waals surface area (Å²) in [5.41, 5.74) is 0. The lowest BCUT2D eigenvalue weighted by atomic mass is 10.4. The van der Waals surface area contributed by atoms with Crippen LogP contribution >= 0.6 is 23.2 Å². The van der Waals surface area contributed by atoms with Gasteiger partial charge < -0.3 is 14.6 Å². The van der Waals surface area contributed by atoms with Crippen LogP contribution in [0, 0.1) is 0 Å². The third kappa shape index (κ3) is 8.56. The van der Waals surface area contributed by atoms with Crippen molar-refractivity contribution in [3.8, 4) is 0 Å². The minimum atomic E-state index is -0.584. The van der Waals surface area contributed by atoms with Crippen LogP contribution in [0.5, 0.6) is 0 Å². The van der Waals surface area contributed by atoms with Crippen molar-refractivity contribution in [2.45, 2.75) is 6.10 Å². The number of hydrogen-bond donors (Lipinski definition) is 1. The van der Waals surface area contributed by atoms with Crippen LogP contribution in [-0.4, -0.2) is 49.4 Å². The molecule has 0 radical (unpaired) electrons. The fraction of sp³-hybridized carbons (Fsp3) is 1.00. The first-order chi connectivity index (χ1) is 5.81. The summed E-state index contributed by atoms with van der Waals surface area (Å²) >= 11 is 10.7. The van der Waals surface area contributed by atoms with Crippen molar-refractivity contribution >= 4 is 23.2 Å². The van der Waals surface area contributed by atoms with Gasteiger partial charge in [-0.1, -0.05) is 0 Å². The minimum Gasteiger partial charge on any atom is -0.389 e. The third-order valence-electron chi connectivity index (χ3n) is 1.08. The van der Waals surface area contributed by atoms with Gasteiger partial charge in [0.15, 0.2) is 0 Å². The average Bonchev–Trinajstić information content (AvgIpc) is 2.10. The highest BCUT2D eigenvalue weighted by atomic mass is 35.5. The molecular formula is C7H14Cl2O3. The number of hydrogen-bond acceptors (Lipinski definition) is 3. The minimum absolute atomic E-state index is 0.197. The molecule has 1 unspecified atom stereocenters. The quantitative estimate of drug-likeness (QED) is 0.484. The Bertz CT molecular complexity index is 92.7. The molecule has 0 spiro atoms. The first kappa shape index (κ1) is 12.5. The molecule has 0 aliphatic rings. The molecule has 1 N–H and O–H groups in total. The lowest BCUT2D eigenvalue weighted by Gasteiger charge is -2.07. The van der Waals surface area contributed by atoms with Gasteiger partial charge in [-0.05, 0) is 0 Å². The molecule has 0 aliphatic heterocycles. The van der Waals surface area contributed by atoms with Gasteiger partial charge in [-0.2, -0.15) is 0 Å². The van der Waals surface area contributed by atoms with Crippen molar-refractivity contribution in [3.05, 3.63) is 0 Å². The molecule has 0 heterocycles. The Kier molecular flexibility index (Phi) is 9.91. The third-order valence-corrected chi connectivity index (χ3v) is 1.59. The molecule has 12 heavy (non-hydrogen) atoms. The fourth-order valence-electron chi connectivity index (χ4n) is 0.538. The summed E-state index contributed by atoms with van der Waals surface area (Å²) in [4.78, 5) is 0. The van der Waals surface area contributed by atoms with E-state index in [0.29, 0.717) is 25.7 Å². The van der Waals surface area contributed by atoms with Crippen LogP contribution in [-0.2, 0) is 9.47 Å². The van der Waals surface area contributed by atoms with Crippen molar-refractivity contribution in [3.63, 3.8) is 0 Å². The number of rotatable bonds is 8.